The number of aryl methyl sites for hydroxylation is 1. The maximum atomic E-state index is 5.92. The fourth-order valence-electron chi connectivity index (χ4n) is 3.36. The molecule has 0 bridgehead atoms. The predicted octanol–water partition coefficient (Wildman–Crippen LogP) is 4.04. The van der Waals surface area contributed by atoms with Crippen LogP contribution in [-0.2, 0) is 13.0 Å². The van der Waals surface area contributed by atoms with E-state index in [9.17, 15) is 0 Å². The minimum absolute atomic E-state index is 0.395. The Morgan fingerprint density at radius 2 is 1.74 bits per heavy atom. The normalized spacial score (nSPS) is 13.4. The molecule has 0 aliphatic carbocycles. The van der Waals surface area contributed by atoms with E-state index in [1.807, 2.05) is 12.1 Å². The van der Waals surface area contributed by atoms with Gasteiger partial charge in [0.15, 0.2) is 0 Å². The minimum atomic E-state index is 0.395. The Morgan fingerprint density at radius 1 is 1.00 bits per heavy atom. The molecule has 4 nitrogen and oxygen atoms in total. The third-order valence-corrected chi connectivity index (χ3v) is 5.22. The molecule has 0 aliphatic rings. The fourth-order valence-corrected chi connectivity index (χ4v) is 3.36. The summed E-state index contributed by atoms with van der Waals surface area (Å²) in [6.45, 7) is 9.16. The summed E-state index contributed by atoms with van der Waals surface area (Å²) in [5.74, 6) is 2.11. The number of nitrogens with zero attached hydrogens (tertiary/aromatic N) is 1. The van der Waals surface area contributed by atoms with Gasteiger partial charge in [0.2, 0.25) is 0 Å². The van der Waals surface area contributed by atoms with Crippen molar-refractivity contribution in [3.05, 3.63) is 59.2 Å². The second kappa shape index (κ2) is 10.3. The van der Waals surface area contributed by atoms with E-state index in [2.05, 4.69) is 56.0 Å². The Morgan fingerprint density at radius 3 is 2.37 bits per heavy atom. The second-order valence-corrected chi connectivity index (χ2v) is 7.43. The Balaban J connectivity index is 2.22. The first-order chi connectivity index (χ1) is 13.0. The fraction of sp³-hybridized carbons (Fsp3) is 0.478. The van der Waals surface area contributed by atoms with Crippen molar-refractivity contribution in [1.29, 1.82) is 0 Å². The average Bonchev–Trinajstić information content (AvgIpc) is 2.69. The summed E-state index contributed by atoms with van der Waals surface area (Å²) in [5, 5.41) is 0. The molecule has 0 aromatic heterocycles. The van der Waals surface area contributed by atoms with Gasteiger partial charge in [-0.2, -0.15) is 0 Å². The highest BCUT2D eigenvalue weighted by atomic mass is 16.5. The molecular formula is C23H34N2O2. The van der Waals surface area contributed by atoms with Gasteiger partial charge < -0.3 is 15.2 Å². The molecule has 0 radical (unpaired) electrons. The van der Waals surface area contributed by atoms with Crippen LogP contribution in [0, 0.1) is 12.8 Å². The standard InChI is InChI=1S/C23H34N2O2/c1-17(14-24)15-25(19(3)12-20-9-7-6-8-18(20)2)16-21-10-11-22(26-4)13-23(21)27-5/h6-11,13,17,19H,12,14-16,24H2,1-5H3. The zero-order valence-corrected chi connectivity index (χ0v) is 17.4. The lowest BCUT2D eigenvalue weighted by Crippen LogP contribution is -2.39. The number of rotatable bonds is 10. The van der Waals surface area contributed by atoms with Gasteiger partial charge in [-0.1, -0.05) is 37.3 Å². The van der Waals surface area contributed by atoms with Gasteiger partial charge in [-0.25, -0.2) is 0 Å². The van der Waals surface area contributed by atoms with Crippen molar-refractivity contribution in [2.45, 2.75) is 39.8 Å². The van der Waals surface area contributed by atoms with E-state index in [0.29, 0.717) is 18.5 Å². The molecule has 0 heterocycles. The van der Waals surface area contributed by atoms with E-state index in [4.69, 9.17) is 15.2 Å². The highest BCUT2D eigenvalue weighted by Gasteiger charge is 2.19. The molecular weight excluding hydrogens is 336 g/mol. The predicted molar refractivity (Wildman–Crippen MR) is 113 cm³/mol. The van der Waals surface area contributed by atoms with Crippen LogP contribution < -0.4 is 15.2 Å². The molecule has 4 heteroatoms. The van der Waals surface area contributed by atoms with Gasteiger partial charge in [-0.05, 0) is 49.9 Å². The van der Waals surface area contributed by atoms with Gasteiger partial charge in [0.05, 0.1) is 14.2 Å². The van der Waals surface area contributed by atoms with Gasteiger partial charge in [-0.15, -0.1) is 0 Å². The van der Waals surface area contributed by atoms with E-state index in [1.54, 1.807) is 14.2 Å². The maximum absolute atomic E-state index is 5.92. The van der Waals surface area contributed by atoms with Crippen LogP contribution in [0.1, 0.15) is 30.5 Å². The van der Waals surface area contributed by atoms with Gasteiger partial charge in [0.1, 0.15) is 11.5 Å². The lowest BCUT2D eigenvalue weighted by molar-refractivity contribution is 0.171. The van der Waals surface area contributed by atoms with Gasteiger partial charge in [0, 0.05) is 30.8 Å². The van der Waals surface area contributed by atoms with Gasteiger partial charge >= 0.3 is 0 Å². The first kappa shape index (κ1) is 21.3. The molecule has 0 aliphatic heterocycles. The molecule has 2 rings (SSSR count). The third kappa shape index (κ3) is 5.98. The topological polar surface area (TPSA) is 47.7 Å². The molecule has 27 heavy (non-hydrogen) atoms. The molecule has 2 atom stereocenters. The van der Waals surface area contributed by atoms with Crippen molar-refractivity contribution >= 4 is 0 Å². The molecule has 2 aromatic rings. The van der Waals surface area contributed by atoms with Crippen molar-refractivity contribution in [1.82, 2.24) is 4.90 Å². The van der Waals surface area contributed by atoms with Crippen LogP contribution in [0.5, 0.6) is 11.5 Å². The third-order valence-electron chi connectivity index (χ3n) is 5.22. The zero-order valence-electron chi connectivity index (χ0n) is 17.4. The van der Waals surface area contributed by atoms with E-state index in [0.717, 1.165) is 31.0 Å². The monoisotopic (exact) mass is 370 g/mol. The summed E-state index contributed by atoms with van der Waals surface area (Å²) in [6, 6.07) is 15.1. The Hall–Kier alpha value is -2.04. The van der Waals surface area contributed by atoms with E-state index >= 15 is 0 Å². The lowest BCUT2D eigenvalue weighted by atomic mass is 9.99. The number of ether oxygens (including phenoxy) is 2. The summed E-state index contributed by atoms with van der Waals surface area (Å²) >= 11 is 0. The Labute approximate surface area is 164 Å². The molecule has 0 fully saturated rings. The Kier molecular flexibility index (Phi) is 8.14. The lowest BCUT2D eigenvalue weighted by Gasteiger charge is -2.32. The number of hydrogen-bond donors (Lipinski definition) is 1. The van der Waals surface area contributed by atoms with Crippen LogP contribution in [0.4, 0.5) is 0 Å². The van der Waals surface area contributed by atoms with Gasteiger partial charge in [0.25, 0.3) is 0 Å². The molecule has 2 unspecified atom stereocenters. The molecule has 0 saturated carbocycles. The first-order valence-electron chi connectivity index (χ1n) is 9.68. The summed E-state index contributed by atoms with van der Waals surface area (Å²) < 4.78 is 10.9. The van der Waals surface area contributed by atoms with Crippen LogP contribution in [0.25, 0.3) is 0 Å². The van der Waals surface area contributed by atoms with E-state index in [-0.39, 0.29) is 0 Å². The summed E-state index contributed by atoms with van der Waals surface area (Å²) in [4.78, 5) is 2.51. The molecule has 0 amide bonds. The number of nitrogens with two attached hydrogens (primary N) is 1. The largest absolute Gasteiger partial charge is 0.497 e. The van der Waals surface area contributed by atoms with Crippen LogP contribution in [0.3, 0.4) is 0 Å². The molecule has 0 spiro atoms. The molecule has 2 N–H and O–H groups in total. The molecule has 0 saturated heterocycles. The highest BCUT2D eigenvalue weighted by Crippen LogP contribution is 2.27. The van der Waals surface area contributed by atoms with Crippen molar-refractivity contribution < 1.29 is 9.47 Å². The van der Waals surface area contributed by atoms with Crippen molar-refractivity contribution in [3.8, 4) is 11.5 Å². The SMILES string of the molecule is COc1ccc(CN(CC(C)CN)C(C)Cc2ccccc2C)c(OC)c1. The zero-order chi connectivity index (χ0) is 19.8. The van der Waals surface area contributed by atoms with E-state index in [1.165, 1.54) is 16.7 Å². The second-order valence-electron chi connectivity index (χ2n) is 7.43. The number of methoxy groups -OCH3 is 2. The van der Waals surface area contributed by atoms with Crippen LogP contribution in [-0.4, -0.2) is 38.3 Å². The molecule has 2 aromatic carbocycles. The summed E-state index contributed by atoms with van der Waals surface area (Å²) in [5.41, 5.74) is 9.83. The van der Waals surface area contributed by atoms with Crippen LogP contribution >= 0.6 is 0 Å². The average molecular weight is 371 g/mol. The number of benzene rings is 2. The van der Waals surface area contributed by atoms with E-state index < -0.39 is 0 Å². The maximum Gasteiger partial charge on any atom is 0.127 e. The quantitative estimate of drug-likeness (QED) is 0.686. The molecule has 148 valence electrons. The summed E-state index contributed by atoms with van der Waals surface area (Å²) in [6.07, 6.45) is 1.02. The van der Waals surface area contributed by atoms with Crippen molar-refractivity contribution in [3.63, 3.8) is 0 Å². The smallest absolute Gasteiger partial charge is 0.127 e. The highest BCUT2D eigenvalue weighted by molar-refractivity contribution is 5.40. The van der Waals surface area contributed by atoms with Crippen molar-refractivity contribution in [2.24, 2.45) is 11.7 Å². The van der Waals surface area contributed by atoms with Crippen molar-refractivity contribution in [2.75, 3.05) is 27.3 Å². The number of hydrogen-bond acceptors (Lipinski definition) is 4. The van der Waals surface area contributed by atoms with Crippen LogP contribution in [0.2, 0.25) is 0 Å². The summed E-state index contributed by atoms with van der Waals surface area (Å²) in [7, 11) is 3.38. The minimum Gasteiger partial charge on any atom is -0.497 e. The van der Waals surface area contributed by atoms with Crippen LogP contribution in [0.15, 0.2) is 42.5 Å². The van der Waals surface area contributed by atoms with Gasteiger partial charge in [-0.3, -0.25) is 4.90 Å². The Bertz CT molecular complexity index is 717. The first-order valence-corrected chi connectivity index (χ1v) is 9.68.